The van der Waals surface area contributed by atoms with Crippen LogP contribution in [0.25, 0.3) is 0 Å². The molecule has 1 aromatic carbocycles. The van der Waals surface area contributed by atoms with Crippen molar-refractivity contribution in [2.45, 2.75) is 45.1 Å². The van der Waals surface area contributed by atoms with E-state index in [1.807, 2.05) is 0 Å². The molecule has 1 atom stereocenters. The molecule has 2 rings (SSSR count). The average molecular weight is 261 g/mol. The lowest BCUT2D eigenvalue weighted by molar-refractivity contribution is 0.0616. The van der Waals surface area contributed by atoms with E-state index >= 15 is 0 Å². The molecule has 1 heterocycles. The van der Waals surface area contributed by atoms with Crippen molar-refractivity contribution in [2.24, 2.45) is 5.92 Å². The summed E-state index contributed by atoms with van der Waals surface area (Å²) in [6.07, 6.45) is 3.74. The van der Waals surface area contributed by atoms with Crippen LogP contribution in [0, 0.1) is 5.92 Å². The first-order valence-corrected chi connectivity index (χ1v) is 7.61. The van der Waals surface area contributed by atoms with E-state index < -0.39 is 0 Å². The summed E-state index contributed by atoms with van der Waals surface area (Å²) in [7, 11) is 0. The minimum Gasteiger partial charge on any atom is -0.381 e. The van der Waals surface area contributed by atoms with E-state index in [1.54, 1.807) is 0 Å². The zero-order valence-electron chi connectivity index (χ0n) is 12.3. The van der Waals surface area contributed by atoms with Crippen molar-refractivity contribution < 1.29 is 4.74 Å². The van der Waals surface area contributed by atoms with Gasteiger partial charge in [0.2, 0.25) is 0 Å². The van der Waals surface area contributed by atoms with Crippen LogP contribution < -0.4 is 5.32 Å². The Kier molecular flexibility index (Phi) is 5.87. The molecule has 1 N–H and O–H groups in total. The van der Waals surface area contributed by atoms with Crippen molar-refractivity contribution >= 4 is 0 Å². The number of hydrogen-bond donors (Lipinski definition) is 1. The highest BCUT2D eigenvalue weighted by molar-refractivity contribution is 5.20. The van der Waals surface area contributed by atoms with Crippen molar-refractivity contribution in [2.75, 3.05) is 19.8 Å². The zero-order valence-corrected chi connectivity index (χ0v) is 12.3. The third-order valence-corrected chi connectivity index (χ3v) is 4.00. The standard InChI is InChI=1S/C17H27NO/c1-14(2)18-13-17(16-6-4-3-5-7-16)12-15-8-10-19-11-9-15/h3-7,14-15,17-18H,8-13H2,1-2H3. The first-order chi connectivity index (χ1) is 9.25. The molecule has 0 saturated carbocycles. The number of ether oxygens (including phenoxy) is 1. The van der Waals surface area contributed by atoms with Crippen molar-refractivity contribution in [3.05, 3.63) is 35.9 Å². The van der Waals surface area contributed by atoms with Gasteiger partial charge >= 0.3 is 0 Å². The molecule has 0 spiro atoms. The number of benzene rings is 1. The SMILES string of the molecule is CC(C)NCC(CC1CCOCC1)c1ccccc1. The molecule has 1 unspecified atom stereocenters. The molecule has 1 aliphatic heterocycles. The van der Waals surface area contributed by atoms with Gasteiger partial charge in [0.15, 0.2) is 0 Å². The van der Waals surface area contributed by atoms with Crippen LogP contribution in [0.5, 0.6) is 0 Å². The van der Waals surface area contributed by atoms with Crippen LogP contribution in [-0.4, -0.2) is 25.8 Å². The summed E-state index contributed by atoms with van der Waals surface area (Å²) in [5, 5.41) is 3.60. The van der Waals surface area contributed by atoms with Gasteiger partial charge in [0.05, 0.1) is 0 Å². The van der Waals surface area contributed by atoms with Gasteiger partial charge in [-0.15, -0.1) is 0 Å². The second kappa shape index (κ2) is 7.66. The van der Waals surface area contributed by atoms with E-state index in [-0.39, 0.29) is 0 Å². The summed E-state index contributed by atoms with van der Waals surface area (Å²) in [5.74, 6) is 1.46. The molecule has 0 aromatic heterocycles. The van der Waals surface area contributed by atoms with Gasteiger partial charge in [0.1, 0.15) is 0 Å². The highest BCUT2D eigenvalue weighted by atomic mass is 16.5. The molecule has 0 amide bonds. The molecular weight excluding hydrogens is 234 g/mol. The summed E-state index contributed by atoms with van der Waals surface area (Å²) < 4.78 is 5.47. The van der Waals surface area contributed by atoms with Crippen molar-refractivity contribution in [3.8, 4) is 0 Å². The summed E-state index contributed by atoms with van der Waals surface area (Å²) in [5.41, 5.74) is 1.47. The van der Waals surface area contributed by atoms with E-state index in [1.165, 1.54) is 24.8 Å². The van der Waals surface area contributed by atoms with E-state index in [0.29, 0.717) is 12.0 Å². The second-order valence-corrected chi connectivity index (χ2v) is 5.96. The first-order valence-electron chi connectivity index (χ1n) is 7.61. The molecule has 106 valence electrons. The molecule has 1 aromatic rings. The maximum Gasteiger partial charge on any atom is 0.0468 e. The molecule has 0 radical (unpaired) electrons. The molecule has 2 heteroatoms. The highest BCUT2D eigenvalue weighted by Crippen LogP contribution is 2.29. The van der Waals surface area contributed by atoms with Gasteiger partial charge < -0.3 is 10.1 Å². The minimum absolute atomic E-state index is 0.556. The Labute approximate surface area is 117 Å². The Balaban J connectivity index is 1.96. The third-order valence-electron chi connectivity index (χ3n) is 4.00. The lowest BCUT2D eigenvalue weighted by Gasteiger charge is -2.27. The Hall–Kier alpha value is -0.860. The van der Waals surface area contributed by atoms with Crippen molar-refractivity contribution in [3.63, 3.8) is 0 Å². The summed E-state index contributed by atoms with van der Waals surface area (Å²) >= 11 is 0. The highest BCUT2D eigenvalue weighted by Gasteiger charge is 2.20. The smallest absolute Gasteiger partial charge is 0.0468 e. The molecule has 1 saturated heterocycles. The maximum absolute atomic E-state index is 5.47. The largest absolute Gasteiger partial charge is 0.381 e. The van der Waals surface area contributed by atoms with Crippen LogP contribution in [-0.2, 0) is 4.74 Å². The Morgan fingerprint density at radius 2 is 1.84 bits per heavy atom. The van der Waals surface area contributed by atoms with Crippen LogP contribution in [0.4, 0.5) is 0 Å². The topological polar surface area (TPSA) is 21.3 Å². The lowest BCUT2D eigenvalue weighted by Crippen LogP contribution is -2.30. The summed E-state index contributed by atoms with van der Waals surface area (Å²) in [6, 6.07) is 11.5. The molecule has 19 heavy (non-hydrogen) atoms. The van der Waals surface area contributed by atoms with Gasteiger partial charge in [-0.05, 0) is 36.7 Å². The first kappa shape index (κ1) is 14.5. The lowest BCUT2D eigenvalue weighted by atomic mass is 9.85. The normalized spacial score (nSPS) is 18.7. The molecule has 0 bridgehead atoms. The van der Waals surface area contributed by atoms with Crippen molar-refractivity contribution in [1.82, 2.24) is 5.32 Å². The van der Waals surface area contributed by atoms with Crippen molar-refractivity contribution in [1.29, 1.82) is 0 Å². The van der Waals surface area contributed by atoms with Gasteiger partial charge in [-0.25, -0.2) is 0 Å². The monoisotopic (exact) mass is 261 g/mol. The average Bonchev–Trinajstić information content (AvgIpc) is 2.45. The molecule has 0 aliphatic carbocycles. The fraction of sp³-hybridized carbons (Fsp3) is 0.647. The van der Waals surface area contributed by atoms with Gasteiger partial charge in [-0.3, -0.25) is 0 Å². The van der Waals surface area contributed by atoms with Crippen LogP contribution in [0.1, 0.15) is 44.6 Å². The van der Waals surface area contributed by atoms with E-state index in [2.05, 4.69) is 49.5 Å². The maximum atomic E-state index is 5.47. The molecular formula is C17H27NO. The van der Waals surface area contributed by atoms with E-state index in [0.717, 1.165) is 25.7 Å². The van der Waals surface area contributed by atoms with Gasteiger partial charge in [-0.1, -0.05) is 44.2 Å². The molecule has 1 aliphatic rings. The van der Waals surface area contributed by atoms with Gasteiger partial charge in [0, 0.05) is 25.8 Å². The third kappa shape index (κ3) is 4.96. The fourth-order valence-electron chi connectivity index (χ4n) is 2.82. The molecule has 2 nitrogen and oxygen atoms in total. The second-order valence-electron chi connectivity index (χ2n) is 5.96. The minimum atomic E-state index is 0.556. The summed E-state index contributed by atoms with van der Waals surface area (Å²) in [6.45, 7) is 7.42. The zero-order chi connectivity index (χ0) is 13.5. The number of hydrogen-bond acceptors (Lipinski definition) is 2. The van der Waals surface area contributed by atoms with E-state index in [4.69, 9.17) is 4.74 Å². The van der Waals surface area contributed by atoms with Gasteiger partial charge in [0.25, 0.3) is 0 Å². The molecule has 1 fully saturated rings. The van der Waals surface area contributed by atoms with Gasteiger partial charge in [-0.2, -0.15) is 0 Å². The number of rotatable bonds is 6. The predicted octanol–water partition coefficient (Wildman–Crippen LogP) is 3.58. The number of nitrogens with one attached hydrogen (secondary N) is 1. The quantitative estimate of drug-likeness (QED) is 0.845. The Morgan fingerprint density at radius 3 is 2.47 bits per heavy atom. The van der Waals surface area contributed by atoms with Crippen LogP contribution in [0.2, 0.25) is 0 Å². The van der Waals surface area contributed by atoms with Crippen LogP contribution in [0.3, 0.4) is 0 Å². The summed E-state index contributed by atoms with van der Waals surface area (Å²) in [4.78, 5) is 0. The predicted molar refractivity (Wildman–Crippen MR) is 80.5 cm³/mol. The van der Waals surface area contributed by atoms with Crippen LogP contribution >= 0.6 is 0 Å². The fourth-order valence-corrected chi connectivity index (χ4v) is 2.82. The van der Waals surface area contributed by atoms with E-state index in [9.17, 15) is 0 Å². The Bertz CT molecular complexity index is 344. The Morgan fingerprint density at radius 1 is 1.16 bits per heavy atom. The van der Waals surface area contributed by atoms with Crippen LogP contribution in [0.15, 0.2) is 30.3 Å².